The Balaban J connectivity index is 2.62. The van der Waals surface area contributed by atoms with Gasteiger partial charge in [0, 0.05) is 6.07 Å². The second-order valence-corrected chi connectivity index (χ2v) is 2.73. The van der Waals surface area contributed by atoms with Crippen LogP contribution in [0.1, 0.15) is 11.5 Å². The number of alkyl halides is 3. The Morgan fingerprint density at radius 1 is 1.36 bits per heavy atom. The third kappa shape index (κ3) is 1.40. The number of hydrogen-bond acceptors (Lipinski definition) is 3. The monoisotopic (exact) mass is 202 g/mol. The van der Waals surface area contributed by atoms with Gasteiger partial charge in [-0.3, -0.25) is 0 Å². The van der Waals surface area contributed by atoms with Gasteiger partial charge in [-0.2, -0.15) is 18.3 Å². The minimum absolute atomic E-state index is 0.143. The van der Waals surface area contributed by atoms with E-state index in [1.165, 1.54) is 4.52 Å². The molecule has 0 spiro atoms. The number of halogens is 3. The zero-order valence-corrected chi connectivity index (χ0v) is 7.08. The molecule has 2 aromatic rings. The molecule has 0 aromatic carbocycles. The largest absolute Gasteiger partial charge is 0.433 e. The van der Waals surface area contributed by atoms with Crippen LogP contribution in [0, 0.1) is 6.92 Å². The van der Waals surface area contributed by atoms with E-state index in [1.54, 1.807) is 6.92 Å². The predicted octanol–water partition coefficient (Wildman–Crippen LogP) is 1.45. The number of fused-ring (bicyclic) bond motifs is 1. The molecule has 0 fully saturated rings. The molecule has 0 atom stereocenters. The molecule has 2 heterocycles. The van der Waals surface area contributed by atoms with E-state index in [2.05, 4.69) is 15.1 Å². The Morgan fingerprint density at radius 3 is 2.71 bits per heavy atom. The minimum Gasteiger partial charge on any atom is -0.232 e. The summed E-state index contributed by atoms with van der Waals surface area (Å²) in [4.78, 5) is 7.03. The van der Waals surface area contributed by atoms with Crippen molar-refractivity contribution in [2.45, 2.75) is 13.1 Å². The number of aryl methyl sites for hydroxylation is 1. The normalized spacial score (nSPS) is 12.3. The minimum atomic E-state index is -4.44. The van der Waals surface area contributed by atoms with E-state index in [9.17, 15) is 13.2 Å². The van der Waals surface area contributed by atoms with Gasteiger partial charge in [-0.1, -0.05) is 0 Å². The van der Waals surface area contributed by atoms with Crippen LogP contribution < -0.4 is 0 Å². The molecule has 14 heavy (non-hydrogen) atoms. The summed E-state index contributed by atoms with van der Waals surface area (Å²) in [5.74, 6) is 0.408. The summed E-state index contributed by atoms with van der Waals surface area (Å²) < 4.78 is 37.8. The van der Waals surface area contributed by atoms with Crippen LogP contribution in [0.25, 0.3) is 5.65 Å². The predicted molar refractivity (Wildman–Crippen MR) is 40.5 cm³/mol. The van der Waals surface area contributed by atoms with E-state index in [4.69, 9.17) is 0 Å². The summed E-state index contributed by atoms with van der Waals surface area (Å²) in [5.41, 5.74) is -0.817. The molecule has 0 unspecified atom stereocenters. The van der Waals surface area contributed by atoms with Crippen molar-refractivity contribution in [3.63, 3.8) is 0 Å². The topological polar surface area (TPSA) is 43.1 Å². The molecule has 2 aromatic heterocycles. The highest BCUT2D eigenvalue weighted by molar-refractivity contribution is 5.38. The van der Waals surface area contributed by atoms with Gasteiger partial charge in [0.2, 0.25) is 0 Å². The van der Waals surface area contributed by atoms with Crippen molar-refractivity contribution >= 4 is 5.65 Å². The number of aromatic nitrogens is 4. The standard InChI is InChI=1S/C7H5F3N4/c1-4-12-6-2-5(7(8,9)10)11-3-14(6)13-4/h2-3H,1H3. The van der Waals surface area contributed by atoms with Gasteiger partial charge >= 0.3 is 6.18 Å². The molecule has 2 rings (SSSR count). The highest BCUT2D eigenvalue weighted by Gasteiger charge is 2.32. The van der Waals surface area contributed by atoms with Crippen LogP contribution in [-0.2, 0) is 6.18 Å². The molecule has 0 aliphatic heterocycles. The molecule has 4 nitrogen and oxygen atoms in total. The fourth-order valence-electron chi connectivity index (χ4n) is 1.06. The Kier molecular flexibility index (Phi) is 1.70. The van der Waals surface area contributed by atoms with Crippen molar-refractivity contribution in [2.75, 3.05) is 0 Å². The van der Waals surface area contributed by atoms with E-state index >= 15 is 0 Å². The average molecular weight is 202 g/mol. The second kappa shape index (κ2) is 2.66. The first-order valence-electron chi connectivity index (χ1n) is 3.73. The van der Waals surface area contributed by atoms with E-state index in [1.807, 2.05) is 0 Å². The lowest BCUT2D eigenvalue weighted by molar-refractivity contribution is -0.141. The molecule has 0 amide bonds. The van der Waals surface area contributed by atoms with Gasteiger partial charge in [-0.05, 0) is 6.92 Å². The number of rotatable bonds is 0. The maximum absolute atomic E-state index is 12.2. The Hall–Kier alpha value is -1.66. The lowest BCUT2D eigenvalue weighted by Gasteiger charge is -2.03. The van der Waals surface area contributed by atoms with Crippen molar-refractivity contribution < 1.29 is 13.2 Å². The van der Waals surface area contributed by atoms with Crippen LogP contribution >= 0.6 is 0 Å². The van der Waals surface area contributed by atoms with Gasteiger partial charge in [0.1, 0.15) is 17.8 Å². The van der Waals surface area contributed by atoms with Crippen molar-refractivity contribution in [3.8, 4) is 0 Å². The smallest absolute Gasteiger partial charge is 0.232 e. The lowest BCUT2D eigenvalue weighted by Crippen LogP contribution is -2.08. The fraction of sp³-hybridized carbons (Fsp3) is 0.286. The van der Waals surface area contributed by atoms with Crippen molar-refractivity contribution in [1.29, 1.82) is 0 Å². The fourth-order valence-corrected chi connectivity index (χ4v) is 1.06. The quantitative estimate of drug-likeness (QED) is 0.649. The maximum atomic E-state index is 12.2. The lowest BCUT2D eigenvalue weighted by atomic mass is 10.4. The van der Waals surface area contributed by atoms with Gasteiger partial charge in [0.15, 0.2) is 5.65 Å². The highest BCUT2D eigenvalue weighted by atomic mass is 19.4. The van der Waals surface area contributed by atoms with Gasteiger partial charge in [0.25, 0.3) is 0 Å². The summed E-state index contributed by atoms with van der Waals surface area (Å²) in [6.07, 6.45) is -3.44. The number of hydrogen-bond donors (Lipinski definition) is 0. The molecule has 0 saturated heterocycles. The summed E-state index contributed by atoms with van der Waals surface area (Å²) in [7, 11) is 0. The highest BCUT2D eigenvalue weighted by Crippen LogP contribution is 2.27. The summed E-state index contributed by atoms with van der Waals surface area (Å²) >= 11 is 0. The third-order valence-corrected chi connectivity index (χ3v) is 1.63. The van der Waals surface area contributed by atoms with E-state index < -0.39 is 11.9 Å². The van der Waals surface area contributed by atoms with Crippen molar-refractivity contribution in [3.05, 3.63) is 23.9 Å². The summed E-state index contributed by atoms with van der Waals surface area (Å²) in [5, 5.41) is 3.81. The Morgan fingerprint density at radius 2 is 2.07 bits per heavy atom. The molecular formula is C7H5F3N4. The second-order valence-electron chi connectivity index (χ2n) is 2.73. The van der Waals surface area contributed by atoms with Gasteiger partial charge in [-0.15, -0.1) is 0 Å². The zero-order valence-electron chi connectivity index (χ0n) is 7.08. The van der Waals surface area contributed by atoms with Crippen molar-refractivity contribution in [2.24, 2.45) is 0 Å². The summed E-state index contributed by atoms with van der Waals surface area (Å²) in [6, 6.07) is 0.861. The van der Waals surface area contributed by atoms with Gasteiger partial charge in [-0.25, -0.2) is 14.5 Å². The van der Waals surface area contributed by atoms with Crippen molar-refractivity contribution in [1.82, 2.24) is 19.6 Å². The third-order valence-electron chi connectivity index (χ3n) is 1.63. The van der Waals surface area contributed by atoms with E-state index in [0.29, 0.717) is 5.82 Å². The van der Waals surface area contributed by atoms with Crippen LogP contribution in [0.2, 0.25) is 0 Å². The van der Waals surface area contributed by atoms with Gasteiger partial charge < -0.3 is 0 Å². The summed E-state index contributed by atoms with van der Waals surface area (Å²) in [6.45, 7) is 1.60. The van der Waals surface area contributed by atoms with Crippen LogP contribution in [0.4, 0.5) is 13.2 Å². The Labute approximate surface area is 76.4 Å². The van der Waals surface area contributed by atoms with Crippen LogP contribution in [0.3, 0.4) is 0 Å². The number of nitrogens with zero attached hydrogens (tertiary/aromatic N) is 4. The van der Waals surface area contributed by atoms with Crippen LogP contribution in [-0.4, -0.2) is 19.6 Å². The molecule has 0 radical (unpaired) electrons. The van der Waals surface area contributed by atoms with Crippen LogP contribution in [0.15, 0.2) is 12.4 Å². The molecule has 0 aliphatic rings. The molecule has 0 bridgehead atoms. The average Bonchev–Trinajstić information content (AvgIpc) is 2.41. The van der Waals surface area contributed by atoms with E-state index in [0.717, 1.165) is 12.4 Å². The maximum Gasteiger partial charge on any atom is 0.433 e. The first kappa shape index (κ1) is 8.92. The zero-order chi connectivity index (χ0) is 10.3. The molecule has 0 aliphatic carbocycles. The molecule has 0 N–H and O–H groups in total. The molecule has 7 heteroatoms. The SMILES string of the molecule is Cc1nc2cc(C(F)(F)F)ncn2n1. The molecule has 74 valence electrons. The Bertz CT molecular complexity index is 473. The first-order chi connectivity index (χ1) is 6.47. The molecule has 0 saturated carbocycles. The first-order valence-corrected chi connectivity index (χ1v) is 3.73. The molecular weight excluding hydrogens is 197 g/mol. The van der Waals surface area contributed by atoms with Gasteiger partial charge in [0.05, 0.1) is 0 Å². The van der Waals surface area contributed by atoms with Crippen LogP contribution in [0.5, 0.6) is 0 Å². The van der Waals surface area contributed by atoms with E-state index in [-0.39, 0.29) is 5.65 Å².